The number of carbonyl (C=O) groups excluding carboxylic acids is 2. The first-order valence-electron chi connectivity index (χ1n) is 14.7. The molecule has 0 atom stereocenters. The summed E-state index contributed by atoms with van der Waals surface area (Å²) in [5, 5.41) is 3.11. The molecule has 1 amide bonds. The average molecular weight is 634 g/mol. The molecule has 46 heavy (non-hydrogen) atoms. The van der Waals surface area contributed by atoms with Gasteiger partial charge in [0.2, 0.25) is 0 Å². The number of amides is 1. The summed E-state index contributed by atoms with van der Waals surface area (Å²) in [4.78, 5) is 39.9. The highest BCUT2D eigenvalue weighted by Crippen LogP contribution is 2.35. The van der Waals surface area contributed by atoms with Crippen LogP contribution in [0.1, 0.15) is 61.8 Å². The van der Waals surface area contributed by atoms with Crippen LogP contribution in [-0.2, 0) is 29.0 Å². The monoisotopic (exact) mass is 633 g/mol. The summed E-state index contributed by atoms with van der Waals surface area (Å²) in [6, 6.07) is 12.2. The first kappa shape index (κ1) is 33.8. The molecule has 0 bridgehead atoms. The van der Waals surface area contributed by atoms with Crippen molar-refractivity contribution < 1.29 is 32.6 Å². The Labute approximate surface area is 266 Å². The minimum Gasteiger partial charge on any atom is -0.497 e. The molecule has 4 aromatic rings. The number of anilines is 2. The van der Waals surface area contributed by atoms with Crippen molar-refractivity contribution in [2.75, 3.05) is 19.5 Å². The van der Waals surface area contributed by atoms with Gasteiger partial charge in [-0.25, -0.2) is 18.7 Å². The normalized spacial score (nSPS) is 12.2. The summed E-state index contributed by atoms with van der Waals surface area (Å²) in [6.45, 7) is 9.63. The van der Waals surface area contributed by atoms with Gasteiger partial charge in [-0.3, -0.25) is 14.6 Å². The summed E-state index contributed by atoms with van der Waals surface area (Å²) in [5.41, 5.74) is 1.39. The lowest BCUT2D eigenvalue weighted by molar-refractivity contribution is -0.153. The van der Waals surface area contributed by atoms with E-state index in [0.717, 1.165) is 23.5 Å². The summed E-state index contributed by atoms with van der Waals surface area (Å²) >= 11 is 0. The minimum absolute atomic E-state index is 0.0662. The van der Waals surface area contributed by atoms with Crippen LogP contribution in [-0.4, -0.2) is 51.5 Å². The number of carbonyl (C=O) groups is 2. The largest absolute Gasteiger partial charge is 0.497 e. The Balaban J connectivity index is 0.00000235. The second-order valence-corrected chi connectivity index (χ2v) is 11.1. The molecule has 1 aliphatic rings. The first-order chi connectivity index (χ1) is 22.0. The van der Waals surface area contributed by atoms with Crippen LogP contribution in [0.3, 0.4) is 0 Å². The van der Waals surface area contributed by atoms with Gasteiger partial charge >= 0.3 is 5.97 Å². The molecule has 12 heteroatoms. The number of aromatic nitrogens is 3. The molecular formula is C34H37F2N5O5. The number of pyridine rings is 1. The summed E-state index contributed by atoms with van der Waals surface area (Å²) in [7, 11) is 3.07. The van der Waals surface area contributed by atoms with Crippen LogP contribution in [0.15, 0.2) is 54.9 Å². The molecule has 1 N–H and O–H groups in total. The fraction of sp³-hybridized carbons (Fsp3) is 0.324. The molecule has 1 aliphatic heterocycles. The lowest BCUT2D eigenvalue weighted by Crippen LogP contribution is -2.24. The van der Waals surface area contributed by atoms with Crippen molar-refractivity contribution in [1.82, 2.24) is 19.9 Å². The highest BCUT2D eigenvalue weighted by Gasteiger charge is 2.34. The van der Waals surface area contributed by atoms with Crippen molar-refractivity contribution in [1.29, 1.82) is 0 Å². The van der Waals surface area contributed by atoms with Crippen LogP contribution in [0.4, 0.5) is 20.3 Å². The predicted molar refractivity (Wildman–Crippen MR) is 169 cm³/mol. The zero-order valence-corrected chi connectivity index (χ0v) is 26.9. The highest BCUT2D eigenvalue weighted by atomic mass is 19.1. The van der Waals surface area contributed by atoms with Crippen molar-refractivity contribution in [3.63, 3.8) is 0 Å². The van der Waals surface area contributed by atoms with Crippen molar-refractivity contribution >= 4 is 23.4 Å². The van der Waals surface area contributed by atoms with Gasteiger partial charge in [0, 0.05) is 17.3 Å². The van der Waals surface area contributed by atoms with E-state index in [1.807, 2.05) is 13.8 Å². The number of benzene rings is 2. The molecule has 0 spiro atoms. The Kier molecular flexibility index (Phi) is 10.5. The lowest BCUT2D eigenvalue weighted by Gasteiger charge is -2.19. The third-order valence-corrected chi connectivity index (χ3v) is 6.74. The summed E-state index contributed by atoms with van der Waals surface area (Å²) in [5.74, 6) is -1.64. The zero-order chi connectivity index (χ0) is 33.6. The zero-order valence-electron chi connectivity index (χ0n) is 26.9. The number of esters is 1. The Bertz CT molecular complexity index is 1700. The number of halogens is 2. The van der Waals surface area contributed by atoms with Crippen molar-refractivity contribution in [2.45, 2.75) is 59.7 Å². The number of fused-ring (bicyclic) bond motifs is 1. The van der Waals surface area contributed by atoms with Gasteiger partial charge < -0.3 is 24.4 Å². The third-order valence-electron chi connectivity index (χ3n) is 6.74. The van der Waals surface area contributed by atoms with E-state index in [9.17, 15) is 18.4 Å². The number of nitrogens with one attached hydrogen (secondary N) is 1. The molecule has 0 fully saturated rings. The van der Waals surface area contributed by atoms with Gasteiger partial charge in [-0.1, -0.05) is 26.0 Å². The van der Waals surface area contributed by atoms with E-state index in [4.69, 9.17) is 14.2 Å². The summed E-state index contributed by atoms with van der Waals surface area (Å²) in [6.07, 6.45) is 1.82. The molecule has 0 unspecified atom stereocenters. The quantitative estimate of drug-likeness (QED) is 0.202. The molecular weight excluding hydrogens is 596 g/mol. The van der Waals surface area contributed by atoms with Gasteiger partial charge in [-0.05, 0) is 50.6 Å². The van der Waals surface area contributed by atoms with Gasteiger partial charge in [0.15, 0.2) is 17.5 Å². The molecule has 0 saturated heterocycles. The van der Waals surface area contributed by atoms with E-state index in [-0.39, 0.29) is 48.6 Å². The van der Waals surface area contributed by atoms with E-state index >= 15 is 0 Å². The van der Waals surface area contributed by atoms with E-state index < -0.39 is 22.8 Å². The molecule has 0 saturated carbocycles. The number of rotatable bonds is 9. The predicted octanol–water partition coefficient (Wildman–Crippen LogP) is 6.64. The Morgan fingerprint density at radius 1 is 0.957 bits per heavy atom. The van der Waals surface area contributed by atoms with Gasteiger partial charge in [0.25, 0.3) is 5.91 Å². The van der Waals surface area contributed by atoms with Crippen LogP contribution in [0.25, 0.3) is 11.4 Å². The second kappa shape index (κ2) is 14.3. The van der Waals surface area contributed by atoms with Crippen LogP contribution in [0.5, 0.6) is 11.5 Å². The van der Waals surface area contributed by atoms with E-state index in [0.29, 0.717) is 22.9 Å². The molecule has 2 aromatic carbocycles. The summed E-state index contributed by atoms with van der Waals surface area (Å²) < 4.78 is 45.6. The molecule has 0 aliphatic carbocycles. The Hall–Kier alpha value is -5.13. The van der Waals surface area contributed by atoms with Crippen molar-refractivity contribution in [3.05, 3.63) is 88.9 Å². The van der Waals surface area contributed by atoms with Gasteiger partial charge in [0.1, 0.15) is 28.5 Å². The van der Waals surface area contributed by atoms with Crippen LogP contribution < -0.4 is 14.8 Å². The standard InChI is InChI=1S/C32H31F2N5O5.C2H6/c1-32(2,3)44-26(40)12-18-6-9-20(10-7-18)36-30-28-24(37-29(38-30)27-22(33)14-35-15-23(27)34)17-39(31(28)41)16-19-8-11-21(42-4)13-25(19)43-5;1-2/h6-11,13-15H,12,16-17H2,1-5H3,(H,36,37,38);1-2H3. The lowest BCUT2D eigenvalue weighted by atomic mass is 10.1. The Morgan fingerprint density at radius 3 is 2.24 bits per heavy atom. The SMILES string of the molecule is CC.COc1ccc(CN2Cc3nc(-c4c(F)cncc4F)nc(Nc4ccc(CC(=O)OC(C)(C)C)cc4)c3C2=O)c(OC)c1. The van der Waals surface area contributed by atoms with E-state index in [1.165, 1.54) is 7.11 Å². The maximum Gasteiger partial charge on any atom is 0.310 e. The highest BCUT2D eigenvalue weighted by molar-refractivity contribution is 6.03. The fourth-order valence-electron chi connectivity index (χ4n) is 4.79. The van der Waals surface area contributed by atoms with Crippen LogP contribution in [0, 0.1) is 11.6 Å². The maximum absolute atomic E-state index is 14.7. The third kappa shape index (κ3) is 7.74. The maximum atomic E-state index is 14.7. The molecule has 2 aromatic heterocycles. The van der Waals surface area contributed by atoms with E-state index in [1.54, 1.807) is 75.2 Å². The molecule has 3 heterocycles. The smallest absolute Gasteiger partial charge is 0.310 e. The average Bonchev–Trinajstić information content (AvgIpc) is 3.33. The number of nitrogens with zero attached hydrogens (tertiary/aromatic N) is 4. The van der Waals surface area contributed by atoms with Gasteiger partial charge in [0.05, 0.1) is 57.4 Å². The molecule has 5 rings (SSSR count). The minimum atomic E-state index is -0.938. The van der Waals surface area contributed by atoms with Gasteiger partial charge in [-0.2, -0.15) is 0 Å². The molecule has 10 nitrogen and oxygen atoms in total. The molecule has 242 valence electrons. The Morgan fingerprint density at radius 2 is 1.63 bits per heavy atom. The number of ether oxygens (including phenoxy) is 3. The molecule has 0 radical (unpaired) electrons. The van der Waals surface area contributed by atoms with Crippen molar-refractivity contribution in [2.24, 2.45) is 0 Å². The first-order valence-corrected chi connectivity index (χ1v) is 14.7. The van der Waals surface area contributed by atoms with Crippen molar-refractivity contribution in [3.8, 4) is 22.9 Å². The second-order valence-electron chi connectivity index (χ2n) is 11.1. The fourth-order valence-corrected chi connectivity index (χ4v) is 4.79. The number of hydrogen-bond donors (Lipinski definition) is 1. The topological polar surface area (TPSA) is 116 Å². The number of hydrogen-bond acceptors (Lipinski definition) is 9. The van der Waals surface area contributed by atoms with Crippen LogP contribution >= 0.6 is 0 Å². The van der Waals surface area contributed by atoms with E-state index in [2.05, 4.69) is 20.3 Å². The number of methoxy groups -OCH3 is 2. The van der Waals surface area contributed by atoms with Gasteiger partial charge in [-0.15, -0.1) is 0 Å². The van der Waals surface area contributed by atoms with Crippen LogP contribution in [0.2, 0.25) is 0 Å².